The van der Waals surface area contributed by atoms with Gasteiger partial charge in [0, 0.05) is 12.3 Å². The number of unbranched alkanes of at least 4 members (excludes halogenated alkanes) is 2. The van der Waals surface area contributed by atoms with Crippen LogP contribution in [0.1, 0.15) is 119 Å². The normalized spacial score (nSPS) is 34.9. The summed E-state index contributed by atoms with van der Waals surface area (Å²) in [6.07, 6.45) is 13.7. The first-order valence-electron chi connectivity index (χ1n) is 13.4. The molecule has 0 amide bonds. The van der Waals surface area contributed by atoms with Gasteiger partial charge in [0.2, 0.25) is 0 Å². The van der Waals surface area contributed by atoms with E-state index < -0.39 is 11.7 Å². The molecule has 31 heavy (non-hydrogen) atoms. The number of aldehydes is 1. The predicted molar refractivity (Wildman–Crippen MR) is 130 cm³/mol. The van der Waals surface area contributed by atoms with Crippen LogP contribution < -0.4 is 0 Å². The number of carbonyl (C=O) groups excluding carboxylic acids is 1. The topological polar surface area (TPSA) is 57.5 Å². The van der Waals surface area contributed by atoms with Gasteiger partial charge in [0.05, 0.1) is 11.7 Å². The molecule has 0 bridgehead atoms. The Morgan fingerprint density at radius 3 is 2.45 bits per heavy atom. The summed E-state index contributed by atoms with van der Waals surface area (Å²) in [6, 6.07) is 0. The Balaban J connectivity index is 2.12. The molecule has 3 unspecified atom stereocenters. The molecule has 2 aliphatic rings. The molecule has 0 aliphatic heterocycles. The Morgan fingerprint density at radius 1 is 1.13 bits per heavy atom. The van der Waals surface area contributed by atoms with E-state index in [-0.39, 0.29) is 11.8 Å². The first-order valence-corrected chi connectivity index (χ1v) is 13.4. The van der Waals surface area contributed by atoms with E-state index in [0.717, 1.165) is 37.4 Å². The van der Waals surface area contributed by atoms with Crippen LogP contribution in [0.5, 0.6) is 0 Å². The lowest BCUT2D eigenvalue weighted by Crippen LogP contribution is -2.51. The van der Waals surface area contributed by atoms with Gasteiger partial charge in [0.15, 0.2) is 0 Å². The minimum atomic E-state index is -1.14. The Bertz CT molecular complexity index is 542. The van der Waals surface area contributed by atoms with Gasteiger partial charge in [-0.2, -0.15) is 0 Å². The molecule has 0 aromatic carbocycles. The van der Waals surface area contributed by atoms with Crippen molar-refractivity contribution >= 4 is 6.29 Å². The zero-order valence-corrected chi connectivity index (χ0v) is 21.4. The number of aliphatic hydroxyl groups is 2. The van der Waals surface area contributed by atoms with Gasteiger partial charge in [-0.25, -0.2) is 0 Å². The van der Waals surface area contributed by atoms with Gasteiger partial charge in [-0.15, -0.1) is 0 Å². The van der Waals surface area contributed by atoms with Gasteiger partial charge in [-0.1, -0.05) is 66.7 Å². The number of carbonyl (C=O) groups is 1. The fourth-order valence-corrected chi connectivity index (χ4v) is 7.32. The van der Waals surface area contributed by atoms with Gasteiger partial charge in [-0.05, 0) is 80.5 Å². The van der Waals surface area contributed by atoms with E-state index >= 15 is 0 Å². The monoisotopic (exact) mass is 436 g/mol. The number of aliphatic hydroxyl groups excluding tert-OH is 1. The molecule has 0 saturated heterocycles. The average Bonchev–Trinajstić information content (AvgIpc) is 3.02. The Hall–Kier alpha value is -0.410. The van der Waals surface area contributed by atoms with Gasteiger partial charge in [-0.3, -0.25) is 0 Å². The smallest absolute Gasteiger partial charge is 0.126 e. The molecule has 0 aromatic rings. The molecule has 0 heterocycles. The van der Waals surface area contributed by atoms with Crippen molar-refractivity contribution in [3.63, 3.8) is 0 Å². The van der Waals surface area contributed by atoms with E-state index in [9.17, 15) is 15.0 Å². The third-order valence-corrected chi connectivity index (χ3v) is 9.27. The van der Waals surface area contributed by atoms with Gasteiger partial charge in [0.1, 0.15) is 6.29 Å². The van der Waals surface area contributed by atoms with Crippen molar-refractivity contribution in [1.82, 2.24) is 0 Å². The summed E-state index contributed by atoms with van der Waals surface area (Å²) in [5.74, 6) is 2.35. The summed E-state index contributed by atoms with van der Waals surface area (Å²) in [7, 11) is 0. The van der Waals surface area contributed by atoms with Crippen LogP contribution in [0, 0.1) is 40.9 Å². The van der Waals surface area contributed by atoms with Gasteiger partial charge in [0.25, 0.3) is 0 Å². The highest BCUT2D eigenvalue weighted by Gasteiger charge is 2.56. The third-order valence-electron chi connectivity index (χ3n) is 9.27. The Kier molecular flexibility index (Phi) is 10.1. The zero-order valence-electron chi connectivity index (χ0n) is 21.4. The maximum atomic E-state index is 12.4. The molecule has 182 valence electrons. The maximum Gasteiger partial charge on any atom is 0.126 e. The first-order chi connectivity index (χ1) is 14.6. The molecule has 0 radical (unpaired) electrons. The highest BCUT2D eigenvalue weighted by Crippen LogP contribution is 2.62. The number of rotatable bonds is 13. The van der Waals surface area contributed by atoms with Crippen molar-refractivity contribution in [2.75, 3.05) is 0 Å². The summed E-state index contributed by atoms with van der Waals surface area (Å²) in [5, 5.41) is 21.9. The van der Waals surface area contributed by atoms with E-state index in [1.165, 1.54) is 44.9 Å². The zero-order chi connectivity index (χ0) is 23.2. The van der Waals surface area contributed by atoms with Gasteiger partial charge >= 0.3 is 0 Å². The van der Waals surface area contributed by atoms with Crippen molar-refractivity contribution in [3.8, 4) is 0 Å². The van der Waals surface area contributed by atoms with Crippen LogP contribution in [0.25, 0.3) is 0 Å². The lowest BCUT2D eigenvalue weighted by atomic mass is 9.53. The van der Waals surface area contributed by atoms with Crippen LogP contribution in [-0.4, -0.2) is 28.2 Å². The molecule has 8 atom stereocenters. The van der Waals surface area contributed by atoms with Crippen LogP contribution in [0.3, 0.4) is 0 Å². The maximum absolute atomic E-state index is 12.4. The molecule has 0 spiro atoms. The van der Waals surface area contributed by atoms with Crippen LogP contribution in [0.15, 0.2) is 0 Å². The van der Waals surface area contributed by atoms with Crippen LogP contribution in [0.2, 0.25) is 0 Å². The second-order valence-electron chi connectivity index (χ2n) is 12.2. The highest BCUT2D eigenvalue weighted by molar-refractivity contribution is 5.56. The van der Waals surface area contributed by atoms with Crippen LogP contribution in [0.4, 0.5) is 0 Å². The molecule has 3 nitrogen and oxygen atoms in total. The number of fused-ring (bicyclic) bond motifs is 1. The van der Waals surface area contributed by atoms with Gasteiger partial charge < -0.3 is 15.0 Å². The summed E-state index contributed by atoms with van der Waals surface area (Å²) >= 11 is 0. The fourth-order valence-electron chi connectivity index (χ4n) is 7.32. The Labute approximate surface area is 192 Å². The van der Waals surface area contributed by atoms with Crippen LogP contribution >= 0.6 is 0 Å². The third kappa shape index (κ3) is 6.56. The molecule has 2 aliphatic carbocycles. The summed E-state index contributed by atoms with van der Waals surface area (Å²) in [5.41, 5.74) is -0.839. The SMILES string of the molecule is CCCC[C@H](O)C[C@@](C)(O)[C@H](C=O)C1C(C)CC[C@@]2(C)C1CC[C@@H]2CCCCC(C)C. The minimum Gasteiger partial charge on any atom is -0.393 e. The van der Waals surface area contributed by atoms with Crippen molar-refractivity contribution in [3.05, 3.63) is 0 Å². The summed E-state index contributed by atoms with van der Waals surface area (Å²) in [4.78, 5) is 12.4. The summed E-state index contributed by atoms with van der Waals surface area (Å²) in [6.45, 7) is 13.3. The molecular weight excluding hydrogens is 384 g/mol. The van der Waals surface area contributed by atoms with Crippen molar-refractivity contribution in [1.29, 1.82) is 0 Å². The standard InChI is InChI=1S/C28H52O3/c1-7-8-13-23(30)18-28(6,31)25(19-29)26-21(4)16-17-27(5)22(14-15-24(26)27)12-10-9-11-20(2)3/h19-26,30-31H,7-18H2,1-6H3/t21?,22-,23-,24?,25+,26?,27+,28+/m0/s1. The average molecular weight is 437 g/mol. The second kappa shape index (κ2) is 11.6. The van der Waals surface area contributed by atoms with Crippen LogP contribution in [-0.2, 0) is 4.79 Å². The molecule has 0 aromatic heterocycles. The molecule has 2 N–H and O–H groups in total. The van der Waals surface area contributed by atoms with E-state index in [0.29, 0.717) is 30.1 Å². The number of hydrogen-bond acceptors (Lipinski definition) is 3. The van der Waals surface area contributed by atoms with E-state index in [1.54, 1.807) is 6.92 Å². The predicted octanol–water partition coefficient (Wildman–Crippen LogP) is 6.79. The lowest BCUT2D eigenvalue weighted by molar-refractivity contribution is -0.138. The fraction of sp³-hybridized carbons (Fsp3) is 0.964. The van der Waals surface area contributed by atoms with E-state index in [4.69, 9.17) is 0 Å². The van der Waals surface area contributed by atoms with Crippen molar-refractivity contribution in [2.45, 2.75) is 130 Å². The van der Waals surface area contributed by atoms with Crippen molar-refractivity contribution < 1.29 is 15.0 Å². The molecule has 2 saturated carbocycles. The molecule has 2 rings (SSSR count). The first kappa shape index (κ1) is 26.8. The largest absolute Gasteiger partial charge is 0.393 e. The molecule has 3 heteroatoms. The van der Waals surface area contributed by atoms with E-state index in [1.807, 2.05) is 0 Å². The van der Waals surface area contributed by atoms with E-state index in [2.05, 4.69) is 34.6 Å². The Morgan fingerprint density at radius 2 is 1.84 bits per heavy atom. The quantitative estimate of drug-likeness (QED) is 0.247. The number of hydrogen-bond donors (Lipinski definition) is 2. The molecule has 2 fully saturated rings. The molecular formula is C28H52O3. The summed E-state index contributed by atoms with van der Waals surface area (Å²) < 4.78 is 0. The van der Waals surface area contributed by atoms with Crippen molar-refractivity contribution in [2.24, 2.45) is 40.9 Å². The lowest BCUT2D eigenvalue weighted by Gasteiger charge is -2.52. The minimum absolute atomic E-state index is 0.227. The second-order valence-corrected chi connectivity index (χ2v) is 12.2. The highest BCUT2D eigenvalue weighted by atomic mass is 16.3.